The summed E-state index contributed by atoms with van der Waals surface area (Å²) in [6, 6.07) is 13.6. The molecule has 21 heavy (non-hydrogen) atoms. The molecule has 1 amide bonds. The van der Waals surface area contributed by atoms with Gasteiger partial charge in [-0.25, -0.2) is 0 Å². The summed E-state index contributed by atoms with van der Waals surface area (Å²) < 4.78 is 0.637. The number of carbonyl (C=O) groups is 1. The molecule has 0 aliphatic carbocycles. The Morgan fingerprint density at radius 3 is 2.48 bits per heavy atom. The van der Waals surface area contributed by atoms with Crippen LogP contribution in [-0.4, -0.2) is 5.91 Å². The van der Waals surface area contributed by atoms with Gasteiger partial charge in [-0.15, -0.1) is 0 Å². The first-order valence-corrected chi connectivity index (χ1v) is 7.69. The van der Waals surface area contributed by atoms with Crippen LogP contribution in [0.25, 0.3) is 0 Å². The van der Waals surface area contributed by atoms with Crippen molar-refractivity contribution in [1.29, 1.82) is 0 Å². The highest BCUT2D eigenvalue weighted by Gasteiger charge is 2.11. The first kappa shape index (κ1) is 15.6. The van der Waals surface area contributed by atoms with Crippen molar-refractivity contribution in [3.8, 4) is 0 Å². The van der Waals surface area contributed by atoms with Gasteiger partial charge in [-0.2, -0.15) is 0 Å². The summed E-state index contributed by atoms with van der Waals surface area (Å²) in [5.74, 6) is 0.374. The Bertz CT molecular complexity index is 636. The Morgan fingerprint density at radius 1 is 1.19 bits per heavy atom. The van der Waals surface area contributed by atoms with Gasteiger partial charge in [-0.3, -0.25) is 4.79 Å². The van der Waals surface area contributed by atoms with Crippen molar-refractivity contribution in [3.63, 3.8) is 0 Å². The fraction of sp³-hybridized carbons (Fsp3) is 0.235. The van der Waals surface area contributed by atoms with Gasteiger partial charge in [0.1, 0.15) is 0 Å². The molecule has 2 aromatic rings. The number of carbonyl (C=O) groups excluding carboxylic acids is 1. The number of hydrogen-bond acceptors (Lipinski definition) is 2. The van der Waals surface area contributed by atoms with E-state index < -0.39 is 0 Å². The third kappa shape index (κ3) is 3.85. The molecule has 110 valence electrons. The van der Waals surface area contributed by atoms with Gasteiger partial charge in [0, 0.05) is 12.2 Å². The molecule has 0 heterocycles. The van der Waals surface area contributed by atoms with Crippen molar-refractivity contribution in [2.75, 3.05) is 5.73 Å². The molecule has 0 atom stereocenters. The van der Waals surface area contributed by atoms with Crippen molar-refractivity contribution in [3.05, 3.63) is 63.6 Å². The number of amides is 1. The average Bonchev–Trinajstić information content (AvgIpc) is 2.48. The number of nitrogens with two attached hydrogens (primary N) is 1. The van der Waals surface area contributed by atoms with Gasteiger partial charge < -0.3 is 11.1 Å². The molecule has 2 aromatic carbocycles. The minimum Gasteiger partial charge on any atom is -0.398 e. The van der Waals surface area contributed by atoms with Crippen LogP contribution >= 0.6 is 15.9 Å². The standard InChI is InChI=1S/C17H19BrN2O/c1-11(2)13-8-6-12(7-9-13)10-20-17(21)14-4-3-5-15(19)16(14)18/h3-9,11H,10,19H2,1-2H3,(H,20,21). The van der Waals surface area contributed by atoms with Crippen LogP contribution < -0.4 is 11.1 Å². The lowest BCUT2D eigenvalue weighted by Crippen LogP contribution is -2.23. The number of hydrogen-bond donors (Lipinski definition) is 2. The Labute approximate surface area is 133 Å². The van der Waals surface area contributed by atoms with E-state index in [0.717, 1.165) is 5.56 Å². The summed E-state index contributed by atoms with van der Waals surface area (Å²) in [4.78, 5) is 12.2. The predicted molar refractivity (Wildman–Crippen MR) is 90.3 cm³/mol. The van der Waals surface area contributed by atoms with Gasteiger partial charge in [0.15, 0.2) is 0 Å². The zero-order chi connectivity index (χ0) is 15.4. The zero-order valence-corrected chi connectivity index (χ0v) is 13.8. The quantitative estimate of drug-likeness (QED) is 0.819. The second-order valence-corrected chi connectivity index (χ2v) is 6.08. The third-order valence-electron chi connectivity index (χ3n) is 3.37. The summed E-state index contributed by atoms with van der Waals surface area (Å²) in [5, 5.41) is 2.91. The molecule has 0 fully saturated rings. The van der Waals surface area contributed by atoms with Gasteiger partial charge in [0.05, 0.1) is 10.0 Å². The molecule has 0 saturated carbocycles. The lowest BCUT2D eigenvalue weighted by atomic mass is 10.0. The van der Waals surface area contributed by atoms with E-state index in [1.807, 2.05) is 12.1 Å². The molecule has 4 heteroatoms. The highest BCUT2D eigenvalue weighted by atomic mass is 79.9. The van der Waals surface area contributed by atoms with E-state index in [1.54, 1.807) is 18.2 Å². The molecule has 3 nitrogen and oxygen atoms in total. The van der Waals surface area contributed by atoms with E-state index in [2.05, 4.69) is 47.2 Å². The van der Waals surface area contributed by atoms with Crippen LogP contribution in [-0.2, 0) is 6.54 Å². The minimum atomic E-state index is -0.137. The summed E-state index contributed by atoms with van der Waals surface area (Å²) in [7, 11) is 0. The molecule has 0 aromatic heterocycles. The summed E-state index contributed by atoms with van der Waals surface area (Å²) in [5.41, 5.74) is 9.26. The molecule has 2 rings (SSSR count). The smallest absolute Gasteiger partial charge is 0.252 e. The topological polar surface area (TPSA) is 55.1 Å². The third-order valence-corrected chi connectivity index (χ3v) is 4.26. The predicted octanol–water partition coefficient (Wildman–Crippen LogP) is 4.08. The van der Waals surface area contributed by atoms with Crippen LogP contribution in [0.15, 0.2) is 46.9 Å². The maximum atomic E-state index is 12.2. The number of nitrogen functional groups attached to an aromatic ring is 1. The Kier molecular flexibility index (Phi) is 5.02. The maximum absolute atomic E-state index is 12.2. The Hall–Kier alpha value is -1.81. The normalized spacial score (nSPS) is 10.7. The maximum Gasteiger partial charge on any atom is 0.252 e. The Balaban J connectivity index is 2.02. The van der Waals surface area contributed by atoms with Crippen LogP contribution in [0.4, 0.5) is 5.69 Å². The summed E-state index contributed by atoms with van der Waals surface area (Å²) in [6.45, 7) is 4.82. The fourth-order valence-electron chi connectivity index (χ4n) is 2.02. The Morgan fingerprint density at radius 2 is 1.86 bits per heavy atom. The van der Waals surface area contributed by atoms with Gasteiger partial charge in [0.2, 0.25) is 0 Å². The monoisotopic (exact) mass is 346 g/mol. The molecular formula is C17H19BrN2O. The number of benzene rings is 2. The average molecular weight is 347 g/mol. The highest BCUT2D eigenvalue weighted by molar-refractivity contribution is 9.10. The van der Waals surface area contributed by atoms with Gasteiger partial charge in [-0.05, 0) is 45.1 Å². The largest absolute Gasteiger partial charge is 0.398 e. The molecule has 0 spiro atoms. The second kappa shape index (κ2) is 6.76. The van der Waals surface area contributed by atoms with E-state index in [9.17, 15) is 4.79 Å². The van der Waals surface area contributed by atoms with Crippen molar-refractivity contribution in [2.24, 2.45) is 0 Å². The van der Waals surface area contributed by atoms with Crippen molar-refractivity contribution < 1.29 is 4.79 Å². The molecule has 0 aliphatic rings. The highest BCUT2D eigenvalue weighted by Crippen LogP contribution is 2.23. The molecule has 0 radical (unpaired) electrons. The van der Waals surface area contributed by atoms with E-state index >= 15 is 0 Å². The van der Waals surface area contributed by atoms with E-state index in [4.69, 9.17) is 5.73 Å². The first-order chi connectivity index (χ1) is 9.99. The van der Waals surface area contributed by atoms with E-state index in [-0.39, 0.29) is 5.91 Å². The van der Waals surface area contributed by atoms with Crippen molar-refractivity contribution in [1.82, 2.24) is 5.32 Å². The number of anilines is 1. The van der Waals surface area contributed by atoms with Crippen LogP contribution in [0.1, 0.15) is 41.3 Å². The minimum absolute atomic E-state index is 0.137. The first-order valence-electron chi connectivity index (χ1n) is 6.90. The number of halogens is 1. The molecular weight excluding hydrogens is 328 g/mol. The SMILES string of the molecule is CC(C)c1ccc(CNC(=O)c2cccc(N)c2Br)cc1. The molecule has 3 N–H and O–H groups in total. The molecule has 0 aliphatic heterocycles. The van der Waals surface area contributed by atoms with Gasteiger partial charge >= 0.3 is 0 Å². The molecule has 0 unspecified atom stereocenters. The summed E-state index contributed by atoms with van der Waals surface area (Å²) >= 11 is 3.35. The van der Waals surface area contributed by atoms with Gasteiger partial charge in [-0.1, -0.05) is 44.2 Å². The van der Waals surface area contributed by atoms with Crippen LogP contribution in [0, 0.1) is 0 Å². The van der Waals surface area contributed by atoms with Gasteiger partial charge in [0.25, 0.3) is 5.91 Å². The van der Waals surface area contributed by atoms with E-state index in [1.165, 1.54) is 5.56 Å². The van der Waals surface area contributed by atoms with Crippen molar-refractivity contribution in [2.45, 2.75) is 26.3 Å². The van der Waals surface area contributed by atoms with Crippen LogP contribution in [0.5, 0.6) is 0 Å². The number of rotatable bonds is 4. The van der Waals surface area contributed by atoms with E-state index in [0.29, 0.717) is 28.2 Å². The molecule has 0 bridgehead atoms. The fourth-order valence-corrected chi connectivity index (χ4v) is 2.47. The second-order valence-electron chi connectivity index (χ2n) is 5.29. The number of nitrogens with one attached hydrogen (secondary N) is 1. The van der Waals surface area contributed by atoms with Crippen LogP contribution in [0.2, 0.25) is 0 Å². The van der Waals surface area contributed by atoms with Crippen molar-refractivity contribution >= 4 is 27.5 Å². The van der Waals surface area contributed by atoms with Crippen LogP contribution in [0.3, 0.4) is 0 Å². The molecule has 0 saturated heterocycles. The zero-order valence-electron chi connectivity index (χ0n) is 12.2. The lowest BCUT2D eigenvalue weighted by Gasteiger charge is -2.10. The lowest BCUT2D eigenvalue weighted by molar-refractivity contribution is 0.0950. The summed E-state index contributed by atoms with van der Waals surface area (Å²) in [6.07, 6.45) is 0.